The number of carbonyl (C=O) groups is 3. The lowest BCUT2D eigenvalue weighted by atomic mass is 9.90. The fourth-order valence-corrected chi connectivity index (χ4v) is 4.86. The van der Waals surface area contributed by atoms with E-state index in [4.69, 9.17) is 19.2 Å². The van der Waals surface area contributed by atoms with Crippen LogP contribution in [0.4, 0.5) is 11.4 Å². The molecule has 10 nitrogen and oxygen atoms in total. The average Bonchev–Trinajstić information content (AvgIpc) is 3.33. The summed E-state index contributed by atoms with van der Waals surface area (Å²) in [4.78, 5) is 47.3. The quantitative estimate of drug-likeness (QED) is 0.304. The summed E-state index contributed by atoms with van der Waals surface area (Å²) < 4.78 is 16.6. The molecule has 0 aromatic heterocycles. The standard InChI is InChI=1S/C32H34N4O6/c1-5-40-32(39)22-8-12-24-25(18-22)34-30(37)28(24)29(21-9-13-26-27(19-21)42-17-16-41-26)33-23-10-6-20(7-11-23)31(38)36(4)15-14-35(2)3/h6-13,18-19,28H,5,14-17H2,1-4H3,(H,34,37). The number of nitrogens with zero attached hydrogens (tertiary/aromatic N) is 3. The van der Waals surface area contributed by atoms with Gasteiger partial charge in [-0.25, -0.2) is 4.79 Å². The number of nitrogens with one attached hydrogen (secondary N) is 1. The lowest BCUT2D eigenvalue weighted by Crippen LogP contribution is -2.33. The van der Waals surface area contributed by atoms with Crippen LogP contribution in [0, 0.1) is 0 Å². The van der Waals surface area contributed by atoms with Crippen molar-refractivity contribution < 1.29 is 28.6 Å². The first-order valence-electron chi connectivity index (χ1n) is 13.9. The SMILES string of the molecule is CCOC(=O)c1ccc2c(c1)NC(=O)C2C(=Nc1ccc(C(=O)N(C)CCN(C)C)cc1)c1ccc2c(c1)OCCO2. The number of carbonyl (C=O) groups excluding carboxylic acids is 3. The second-order valence-electron chi connectivity index (χ2n) is 10.4. The Hall–Kier alpha value is -4.70. The van der Waals surface area contributed by atoms with Gasteiger partial charge in [0.1, 0.15) is 19.1 Å². The Labute approximate surface area is 244 Å². The Balaban J connectivity index is 1.51. The zero-order valence-corrected chi connectivity index (χ0v) is 24.2. The maximum atomic E-state index is 13.4. The Kier molecular flexibility index (Phi) is 8.53. The van der Waals surface area contributed by atoms with Crippen LogP contribution < -0.4 is 14.8 Å². The van der Waals surface area contributed by atoms with Crippen LogP contribution in [-0.4, -0.2) is 87.3 Å². The summed E-state index contributed by atoms with van der Waals surface area (Å²) >= 11 is 0. The smallest absolute Gasteiger partial charge is 0.338 e. The Morgan fingerprint density at radius 1 is 0.905 bits per heavy atom. The molecule has 42 heavy (non-hydrogen) atoms. The molecule has 2 aliphatic heterocycles. The molecule has 0 radical (unpaired) electrons. The highest BCUT2D eigenvalue weighted by atomic mass is 16.6. The van der Waals surface area contributed by atoms with Gasteiger partial charge in [-0.3, -0.25) is 14.6 Å². The minimum atomic E-state index is -0.753. The van der Waals surface area contributed by atoms with Gasteiger partial charge < -0.3 is 29.3 Å². The number of anilines is 1. The van der Waals surface area contributed by atoms with Crippen molar-refractivity contribution in [3.05, 3.63) is 82.9 Å². The number of hydrogen-bond donors (Lipinski definition) is 1. The van der Waals surface area contributed by atoms with E-state index in [1.54, 1.807) is 61.3 Å². The number of ether oxygens (including phenoxy) is 3. The molecular formula is C32H34N4O6. The summed E-state index contributed by atoms with van der Waals surface area (Å²) in [6, 6.07) is 17.5. The van der Waals surface area contributed by atoms with E-state index in [9.17, 15) is 14.4 Å². The number of fused-ring (bicyclic) bond motifs is 2. The van der Waals surface area contributed by atoms with E-state index in [-0.39, 0.29) is 18.4 Å². The van der Waals surface area contributed by atoms with Crippen LogP contribution in [0.5, 0.6) is 11.5 Å². The third-order valence-electron chi connectivity index (χ3n) is 7.10. The molecule has 2 heterocycles. The van der Waals surface area contributed by atoms with Crippen molar-refractivity contribution in [2.24, 2.45) is 4.99 Å². The maximum Gasteiger partial charge on any atom is 0.338 e. The van der Waals surface area contributed by atoms with Crippen molar-refractivity contribution in [1.82, 2.24) is 9.80 Å². The number of likely N-dealkylation sites (N-methyl/N-ethyl adjacent to an activating group) is 2. The Bertz CT molecular complexity index is 1530. The van der Waals surface area contributed by atoms with Gasteiger partial charge in [0.05, 0.1) is 23.6 Å². The van der Waals surface area contributed by atoms with Crippen LogP contribution in [0.25, 0.3) is 0 Å². The average molecular weight is 571 g/mol. The fourth-order valence-electron chi connectivity index (χ4n) is 4.86. The molecule has 1 atom stereocenters. The predicted molar refractivity (Wildman–Crippen MR) is 159 cm³/mol. The highest BCUT2D eigenvalue weighted by Gasteiger charge is 2.36. The lowest BCUT2D eigenvalue weighted by molar-refractivity contribution is -0.115. The van der Waals surface area contributed by atoms with Gasteiger partial charge in [0.15, 0.2) is 11.5 Å². The molecule has 3 aromatic rings. The molecule has 0 fully saturated rings. The number of aliphatic imine (C=N–C) groups is 1. The van der Waals surface area contributed by atoms with Crippen LogP contribution >= 0.6 is 0 Å². The highest BCUT2D eigenvalue weighted by molar-refractivity contribution is 6.24. The third-order valence-corrected chi connectivity index (χ3v) is 7.10. The molecule has 0 bridgehead atoms. The summed E-state index contributed by atoms with van der Waals surface area (Å²) in [5, 5.41) is 2.90. The fraction of sp³-hybridized carbons (Fsp3) is 0.312. The molecular weight excluding hydrogens is 536 g/mol. The van der Waals surface area contributed by atoms with E-state index in [1.165, 1.54) is 0 Å². The monoisotopic (exact) mass is 570 g/mol. The minimum Gasteiger partial charge on any atom is -0.486 e. The topological polar surface area (TPSA) is 110 Å². The largest absolute Gasteiger partial charge is 0.486 e. The van der Waals surface area contributed by atoms with Gasteiger partial charge >= 0.3 is 5.97 Å². The van der Waals surface area contributed by atoms with Crippen LogP contribution in [0.2, 0.25) is 0 Å². The van der Waals surface area contributed by atoms with Gasteiger partial charge in [0, 0.05) is 37.0 Å². The van der Waals surface area contributed by atoms with Crippen LogP contribution in [-0.2, 0) is 9.53 Å². The first-order valence-corrected chi connectivity index (χ1v) is 13.9. The normalized spacial score (nSPS) is 15.7. The lowest BCUT2D eigenvalue weighted by Gasteiger charge is -2.21. The van der Waals surface area contributed by atoms with E-state index >= 15 is 0 Å². The molecule has 0 saturated carbocycles. The minimum absolute atomic E-state index is 0.0825. The zero-order chi connectivity index (χ0) is 29.8. The summed E-state index contributed by atoms with van der Waals surface area (Å²) in [6.45, 7) is 4.24. The van der Waals surface area contributed by atoms with E-state index < -0.39 is 11.9 Å². The van der Waals surface area contributed by atoms with Crippen molar-refractivity contribution in [3.63, 3.8) is 0 Å². The van der Waals surface area contributed by atoms with Gasteiger partial charge in [0.25, 0.3) is 5.91 Å². The molecule has 218 valence electrons. The van der Waals surface area contributed by atoms with Crippen molar-refractivity contribution in [2.45, 2.75) is 12.8 Å². The van der Waals surface area contributed by atoms with E-state index in [2.05, 4.69) is 5.32 Å². The van der Waals surface area contributed by atoms with E-state index in [0.717, 1.165) is 6.54 Å². The summed E-state index contributed by atoms with van der Waals surface area (Å²) in [5.74, 6) is -0.363. The maximum absolute atomic E-state index is 13.4. The first kappa shape index (κ1) is 28.8. The molecule has 2 amide bonds. The summed E-state index contributed by atoms with van der Waals surface area (Å²) in [5.41, 5.74) is 3.88. The van der Waals surface area contributed by atoms with Gasteiger partial charge in [-0.15, -0.1) is 0 Å². The van der Waals surface area contributed by atoms with Gasteiger partial charge in [-0.2, -0.15) is 0 Å². The van der Waals surface area contributed by atoms with Crippen molar-refractivity contribution in [1.29, 1.82) is 0 Å². The summed E-state index contributed by atoms with van der Waals surface area (Å²) in [7, 11) is 5.71. The molecule has 0 saturated heterocycles. The molecule has 5 rings (SSSR count). The highest BCUT2D eigenvalue weighted by Crippen LogP contribution is 2.39. The van der Waals surface area contributed by atoms with Crippen LogP contribution in [0.3, 0.4) is 0 Å². The van der Waals surface area contributed by atoms with Crippen LogP contribution in [0.1, 0.15) is 44.7 Å². The molecule has 1 unspecified atom stereocenters. The van der Waals surface area contributed by atoms with E-state index in [1.807, 2.05) is 37.2 Å². The Morgan fingerprint density at radius 2 is 1.60 bits per heavy atom. The second-order valence-corrected chi connectivity index (χ2v) is 10.4. The molecule has 0 spiro atoms. The number of benzene rings is 3. The van der Waals surface area contributed by atoms with Crippen molar-refractivity contribution >= 4 is 34.9 Å². The molecule has 0 aliphatic carbocycles. The molecule has 3 aromatic carbocycles. The predicted octanol–water partition coefficient (Wildman–Crippen LogP) is 4.12. The second kappa shape index (κ2) is 12.4. The van der Waals surface area contributed by atoms with Crippen molar-refractivity contribution in [2.75, 3.05) is 59.4 Å². The molecule has 1 N–H and O–H groups in total. The van der Waals surface area contributed by atoms with Gasteiger partial charge in [-0.05, 0) is 81.2 Å². The van der Waals surface area contributed by atoms with E-state index in [0.29, 0.717) is 70.6 Å². The molecule has 2 aliphatic rings. The zero-order valence-electron chi connectivity index (χ0n) is 24.2. The Morgan fingerprint density at radius 3 is 2.31 bits per heavy atom. The van der Waals surface area contributed by atoms with Crippen LogP contribution in [0.15, 0.2) is 65.7 Å². The van der Waals surface area contributed by atoms with Crippen molar-refractivity contribution in [3.8, 4) is 11.5 Å². The number of amides is 2. The molecule has 10 heteroatoms. The van der Waals surface area contributed by atoms with Gasteiger partial charge in [0.2, 0.25) is 5.91 Å². The number of hydrogen-bond acceptors (Lipinski definition) is 8. The number of rotatable bonds is 9. The van der Waals surface area contributed by atoms with Gasteiger partial charge in [-0.1, -0.05) is 6.07 Å². The first-order chi connectivity index (χ1) is 20.2. The summed E-state index contributed by atoms with van der Waals surface area (Å²) in [6.07, 6.45) is 0. The third kappa shape index (κ3) is 6.13. The number of esters is 1.